The lowest BCUT2D eigenvalue weighted by molar-refractivity contribution is 0.660. The Labute approximate surface area is 353 Å². The third-order valence-electron chi connectivity index (χ3n) is 13.8. The fourth-order valence-corrected chi connectivity index (χ4v) is 10.8. The predicted molar refractivity (Wildman–Crippen MR) is 256 cm³/mol. The zero-order chi connectivity index (χ0) is 40.8. The SMILES string of the molecule is CNc1ccccc1N(Cc1c2ccccc2c(-c2cccc3c2-c2ccccc2C3(C)C)c2cc(-c3ccc4c(c3)C(C)(C)c3ccccc3-4)ccc12)c1ccccc1. The van der Waals surface area contributed by atoms with Gasteiger partial charge in [-0.15, -0.1) is 0 Å². The van der Waals surface area contributed by atoms with Gasteiger partial charge < -0.3 is 10.2 Å². The van der Waals surface area contributed by atoms with Crippen molar-refractivity contribution in [3.05, 3.63) is 210 Å². The predicted octanol–water partition coefficient (Wildman–Crippen LogP) is 15.3. The van der Waals surface area contributed by atoms with E-state index < -0.39 is 0 Å². The molecule has 9 aromatic rings. The van der Waals surface area contributed by atoms with Gasteiger partial charge in [0, 0.05) is 30.1 Å². The van der Waals surface area contributed by atoms with E-state index in [1.807, 2.05) is 7.05 Å². The molecule has 0 saturated heterocycles. The highest BCUT2D eigenvalue weighted by Crippen LogP contribution is 2.55. The Kier molecular flexibility index (Phi) is 8.19. The molecule has 1 N–H and O–H groups in total. The Morgan fingerprint density at radius 1 is 0.417 bits per heavy atom. The van der Waals surface area contributed by atoms with Gasteiger partial charge >= 0.3 is 0 Å². The molecule has 0 amide bonds. The van der Waals surface area contributed by atoms with E-state index in [4.69, 9.17) is 0 Å². The third-order valence-corrected chi connectivity index (χ3v) is 13.8. The van der Waals surface area contributed by atoms with Gasteiger partial charge in [0.25, 0.3) is 0 Å². The van der Waals surface area contributed by atoms with Crippen LogP contribution >= 0.6 is 0 Å². The Morgan fingerprint density at radius 3 is 1.78 bits per heavy atom. The molecular weight excluding hydrogens is 725 g/mol. The summed E-state index contributed by atoms with van der Waals surface area (Å²) in [6.45, 7) is 10.2. The van der Waals surface area contributed by atoms with Crippen molar-refractivity contribution in [3.8, 4) is 44.5 Å². The molecule has 2 heteroatoms. The molecule has 2 aliphatic rings. The zero-order valence-electron chi connectivity index (χ0n) is 35.0. The molecule has 290 valence electrons. The summed E-state index contributed by atoms with van der Waals surface area (Å²) in [5.41, 5.74) is 20.5. The highest BCUT2D eigenvalue weighted by atomic mass is 15.1. The van der Waals surface area contributed by atoms with Gasteiger partial charge in [-0.1, -0.05) is 173 Å². The molecular formula is C58H48N2. The molecule has 0 heterocycles. The second-order valence-corrected chi connectivity index (χ2v) is 17.7. The van der Waals surface area contributed by atoms with Crippen LogP contribution in [0.2, 0.25) is 0 Å². The summed E-state index contributed by atoms with van der Waals surface area (Å²) in [7, 11) is 2.01. The molecule has 0 unspecified atom stereocenters. The van der Waals surface area contributed by atoms with Gasteiger partial charge in [0.05, 0.1) is 11.4 Å². The smallest absolute Gasteiger partial charge is 0.0649 e. The number of benzene rings is 9. The van der Waals surface area contributed by atoms with Crippen LogP contribution in [-0.2, 0) is 17.4 Å². The number of hydrogen-bond donors (Lipinski definition) is 1. The monoisotopic (exact) mass is 772 g/mol. The maximum absolute atomic E-state index is 3.49. The van der Waals surface area contributed by atoms with Crippen molar-refractivity contribution in [1.29, 1.82) is 0 Å². The minimum atomic E-state index is -0.107. The normalized spacial score (nSPS) is 14.1. The number of fused-ring (bicyclic) bond motifs is 8. The topological polar surface area (TPSA) is 15.3 Å². The van der Waals surface area contributed by atoms with Gasteiger partial charge in [-0.25, -0.2) is 0 Å². The van der Waals surface area contributed by atoms with Crippen LogP contribution in [0, 0.1) is 0 Å². The average Bonchev–Trinajstić information content (AvgIpc) is 3.67. The van der Waals surface area contributed by atoms with Crippen molar-refractivity contribution in [1.82, 2.24) is 0 Å². The molecule has 0 saturated carbocycles. The summed E-state index contributed by atoms with van der Waals surface area (Å²) in [5, 5.41) is 8.58. The van der Waals surface area contributed by atoms with E-state index >= 15 is 0 Å². The largest absolute Gasteiger partial charge is 0.386 e. The molecule has 0 aromatic heterocycles. The molecule has 0 fully saturated rings. The van der Waals surface area contributed by atoms with Crippen LogP contribution in [0.15, 0.2) is 182 Å². The highest BCUT2D eigenvalue weighted by molar-refractivity contribution is 6.18. The van der Waals surface area contributed by atoms with E-state index in [0.717, 1.165) is 17.1 Å². The van der Waals surface area contributed by atoms with Gasteiger partial charge in [-0.05, 0) is 130 Å². The first-order valence-corrected chi connectivity index (χ1v) is 21.3. The van der Waals surface area contributed by atoms with E-state index in [0.29, 0.717) is 6.54 Å². The lowest BCUT2D eigenvalue weighted by atomic mass is 9.80. The van der Waals surface area contributed by atoms with Crippen molar-refractivity contribution < 1.29 is 0 Å². The summed E-state index contributed by atoms with van der Waals surface area (Å²) in [6.07, 6.45) is 0. The van der Waals surface area contributed by atoms with Crippen molar-refractivity contribution >= 4 is 38.6 Å². The van der Waals surface area contributed by atoms with E-state index in [9.17, 15) is 0 Å². The van der Waals surface area contributed by atoms with E-state index in [1.165, 1.54) is 93.9 Å². The van der Waals surface area contributed by atoms with E-state index in [1.54, 1.807) is 0 Å². The van der Waals surface area contributed by atoms with Crippen molar-refractivity contribution in [2.24, 2.45) is 0 Å². The minimum absolute atomic E-state index is 0.0807. The molecule has 0 radical (unpaired) electrons. The fraction of sp³-hybridized carbons (Fsp3) is 0.138. The number of nitrogens with one attached hydrogen (secondary N) is 1. The summed E-state index contributed by atoms with van der Waals surface area (Å²) in [6, 6.07) is 68.0. The number of hydrogen-bond acceptors (Lipinski definition) is 2. The second kappa shape index (κ2) is 13.6. The molecule has 11 rings (SSSR count). The first kappa shape index (κ1) is 36.2. The van der Waals surface area contributed by atoms with Crippen LogP contribution in [0.5, 0.6) is 0 Å². The Hall–Kier alpha value is -6.90. The van der Waals surface area contributed by atoms with Crippen molar-refractivity contribution in [2.75, 3.05) is 17.3 Å². The molecule has 60 heavy (non-hydrogen) atoms. The first-order valence-electron chi connectivity index (χ1n) is 21.3. The molecule has 0 spiro atoms. The molecule has 0 aliphatic heterocycles. The highest BCUT2D eigenvalue weighted by Gasteiger charge is 2.38. The van der Waals surface area contributed by atoms with Crippen LogP contribution < -0.4 is 10.2 Å². The van der Waals surface area contributed by atoms with Crippen molar-refractivity contribution in [3.63, 3.8) is 0 Å². The fourth-order valence-electron chi connectivity index (χ4n) is 10.8. The van der Waals surface area contributed by atoms with Gasteiger partial charge in [-0.2, -0.15) is 0 Å². The van der Waals surface area contributed by atoms with Crippen LogP contribution in [0.1, 0.15) is 55.5 Å². The standard InChI is InChI=1S/C58H48N2/c1-57(2)50-26-14-12-23-45(50)56-46(24-17-27-51(56)57)55-44-22-10-9-20-40(44)48(36-60(39-18-7-6-8-19-39)54-29-16-15-28-53(54)59-5)41-32-30-37(34-47(41)55)38-31-33-43-42-21-11-13-25-49(42)58(3,4)52(43)35-38/h6-35,59H,36H2,1-5H3. The van der Waals surface area contributed by atoms with Gasteiger partial charge in [-0.3, -0.25) is 0 Å². The summed E-state index contributed by atoms with van der Waals surface area (Å²) in [5.74, 6) is 0. The molecule has 9 aromatic carbocycles. The lowest BCUT2D eigenvalue weighted by Gasteiger charge is -2.29. The lowest BCUT2D eigenvalue weighted by Crippen LogP contribution is -2.18. The molecule has 0 bridgehead atoms. The number of rotatable bonds is 7. The third kappa shape index (κ3) is 5.33. The molecule has 2 nitrogen and oxygen atoms in total. The summed E-state index contributed by atoms with van der Waals surface area (Å²) < 4.78 is 0. The molecule has 2 aliphatic carbocycles. The van der Waals surface area contributed by atoms with Crippen molar-refractivity contribution in [2.45, 2.75) is 45.1 Å². The van der Waals surface area contributed by atoms with Gasteiger partial charge in [0.2, 0.25) is 0 Å². The molecule has 0 atom stereocenters. The summed E-state index contributed by atoms with van der Waals surface area (Å²) in [4.78, 5) is 2.47. The number of nitrogens with zero attached hydrogens (tertiary/aromatic N) is 1. The maximum Gasteiger partial charge on any atom is 0.0649 e. The maximum atomic E-state index is 3.49. The van der Waals surface area contributed by atoms with E-state index in [2.05, 4.69) is 220 Å². The van der Waals surface area contributed by atoms with Crippen LogP contribution in [0.4, 0.5) is 17.1 Å². The van der Waals surface area contributed by atoms with Crippen LogP contribution in [-0.4, -0.2) is 7.05 Å². The minimum Gasteiger partial charge on any atom is -0.386 e. The van der Waals surface area contributed by atoms with E-state index in [-0.39, 0.29) is 10.8 Å². The van der Waals surface area contributed by atoms with Crippen LogP contribution in [0.3, 0.4) is 0 Å². The van der Waals surface area contributed by atoms with Gasteiger partial charge in [0.1, 0.15) is 0 Å². The Bertz CT molecular complexity index is 3170. The number of para-hydroxylation sites is 3. The quantitative estimate of drug-likeness (QED) is 0.162. The first-order chi connectivity index (χ1) is 29.3. The van der Waals surface area contributed by atoms with Gasteiger partial charge in [0.15, 0.2) is 0 Å². The number of anilines is 3. The Balaban J connectivity index is 1.20. The second-order valence-electron chi connectivity index (χ2n) is 17.7. The van der Waals surface area contributed by atoms with Crippen LogP contribution in [0.25, 0.3) is 66.1 Å². The Morgan fingerprint density at radius 2 is 0.983 bits per heavy atom. The zero-order valence-corrected chi connectivity index (χ0v) is 35.0. The average molecular weight is 773 g/mol. The summed E-state index contributed by atoms with van der Waals surface area (Å²) >= 11 is 0.